The number of phenolic OH excluding ortho intramolecular Hbond substituents is 2. The van der Waals surface area contributed by atoms with Gasteiger partial charge in [0, 0.05) is 13.5 Å². The molecule has 3 atom stereocenters. The monoisotopic (exact) mass is 556 g/mol. The molecule has 3 N–H and O–H groups in total. The molecule has 0 saturated carbocycles. The third-order valence-electron chi connectivity index (χ3n) is 7.00. The SMILES string of the molecule is CC/C=C(\COCOC)[C@@H](C[C@@H](O)[C@@H](CCC)Cc1cc(CC(C)C)c(O)c(C=O)c1O)OCc1ccccc1. The van der Waals surface area contributed by atoms with Gasteiger partial charge >= 0.3 is 0 Å². The number of aliphatic hydroxyl groups is 1. The Bertz CT molecular complexity index is 1050. The van der Waals surface area contributed by atoms with Crippen LogP contribution in [0.3, 0.4) is 0 Å². The number of carbonyl (C=O) groups excluding carboxylic acids is 1. The Morgan fingerprint density at radius 1 is 1.02 bits per heavy atom. The van der Waals surface area contributed by atoms with Crippen LogP contribution < -0.4 is 0 Å². The topological polar surface area (TPSA) is 105 Å². The molecule has 7 nitrogen and oxygen atoms in total. The lowest BCUT2D eigenvalue weighted by Gasteiger charge is -2.29. The second kappa shape index (κ2) is 17.9. The number of allylic oxidation sites excluding steroid dienone is 1. The first-order valence-corrected chi connectivity index (χ1v) is 14.4. The lowest BCUT2D eigenvalue weighted by atomic mass is 9.84. The van der Waals surface area contributed by atoms with Crippen molar-refractivity contribution in [3.63, 3.8) is 0 Å². The van der Waals surface area contributed by atoms with E-state index in [0.29, 0.717) is 49.9 Å². The van der Waals surface area contributed by atoms with E-state index >= 15 is 0 Å². The van der Waals surface area contributed by atoms with Crippen LogP contribution in [0.2, 0.25) is 0 Å². The summed E-state index contributed by atoms with van der Waals surface area (Å²) in [6.07, 6.45) is 5.07. The van der Waals surface area contributed by atoms with Crippen molar-refractivity contribution >= 4 is 6.29 Å². The van der Waals surface area contributed by atoms with Gasteiger partial charge in [-0.1, -0.05) is 70.5 Å². The van der Waals surface area contributed by atoms with Gasteiger partial charge in [-0.3, -0.25) is 4.79 Å². The minimum atomic E-state index is -0.746. The maximum Gasteiger partial charge on any atom is 0.157 e. The molecule has 7 heteroatoms. The van der Waals surface area contributed by atoms with E-state index in [0.717, 1.165) is 30.4 Å². The van der Waals surface area contributed by atoms with Crippen molar-refractivity contribution in [3.8, 4) is 11.5 Å². The van der Waals surface area contributed by atoms with E-state index in [1.807, 2.05) is 51.1 Å². The molecule has 0 unspecified atom stereocenters. The molecule has 2 aromatic carbocycles. The van der Waals surface area contributed by atoms with Crippen molar-refractivity contribution in [2.75, 3.05) is 20.5 Å². The summed E-state index contributed by atoms with van der Waals surface area (Å²) in [7, 11) is 1.58. The van der Waals surface area contributed by atoms with Gasteiger partial charge < -0.3 is 29.5 Å². The Morgan fingerprint density at radius 2 is 1.70 bits per heavy atom. The van der Waals surface area contributed by atoms with Gasteiger partial charge in [0.15, 0.2) is 6.29 Å². The van der Waals surface area contributed by atoms with E-state index < -0.39 is 6.10 Å². The van der Waals surface area contributed by atoms with Crippen molar-refractivity contribution in [1.82, 2.24) is 0 Å². The lowest BCUT2D eigenvalue weighted by Crippen LogP contribution is -2.31. The molecule has 222 valence electrons. The zero-order chi connectivity index (χ0) is 29.5. The molecule has 0 saturated heterocycles. The Kier molecular flexibility index (Phi) is 15.0. The summed E-state index contributed by atoms with van der Waals surface area (Å²) in [5, 5.41) is 33.0. The summed E-state index contributed by atoms with van der Waals surface area (Å²) in [4.78, 5) is 11.7. The molecule has 2 aromatic rings. The second-order valence-corrected chi connectivity index (χ2v) is 10.8. The number of aldehydes is 1. The van der Waals surface area contributed by atoms with E-state index in [1.165, 1.54) is 0 Å². The molecule has 0 spiro atoms. The fourth-order valence-electron chi connectivity index (χ4n) is 5.05. The molecule has 0 heterocycles. The van der Waals surface area contributed by atoms with Gasteiger partial charge in [-0.05, 0) is 65.8 Å². The summed E-state index contributed by atoms with van der Waals surface area (Å²) < 4.78 is 17.1. The van der Waals surface area contributed by atoms with E-state index in [9.17, 15) is 20.1 Å². The summed E-state index contributed by atoms with van der Waals surface area (Å²) in [5.41, 5.74) is 3.07. The van der Waals surface area contributed by atoms with Gasteiger partial charge in [0.2, 0.25) is 0 Å². The van der Waals surface area contributed by atoms with Crippen molar-refractivity contribution in [3.05, 3.63) is 70.3 Å². The highest BCUT2D eigenvalue weighted by atomic mass is 16.7. The molecule has 2 rings (SSSR count). The quantitative estimate of drug-likeness (QED) is 0.0800. The number of phenols is 2. The van der Waals surface area contributed by atoms with E-state index in [1.54, 1.807) is 13.2 Å². The first-order valence-electron chi connectivity index (χ1n) is 14.4. The second-order valence-electron chi connectivity index (χ2n) is 10.8. The van der Waals surface area contributed by atoms with Crippen LogP contribution in [0.15, 0.2) is 48.0 Å². The van der Waals surface area contributed by atoms with Crippen LogP contribution in [0.5, 0.6) is 11.5 Å². The zero-order valence-corrected chi connectivity index (χ0v) is 24.8. The summed E-state index contributed by atoms with van der Waals surface area (Å²) in [6.45, 7) is 9.04. The number of aliphatic hydroxyl groups excluding tert-OH is 1. The number of hydrogen-bond donors (Lipinski definition) is 3. The summed E-state index contributed by atoms with van der Waals surface area (Å²) in [5.74, 6) is -0.328. The fourth-order valence-corrected chi connectivity index (χ4v) is 5.05. The highest BCUT2D eigenvalue weighted by molar-refractivity contribution is 5.85. The third-order valence-corrected chi connectivity index (χ3v) is 7.00. The number of hydrogen-bond acceptors (Lipinski definition) is 7. The number of rotatable bonds is 19. The molecular weight excluding hydrogens is 508 g/mol. The highest BCUT2D eigenvalue weighted by Gasteiger charge is 2.28. The maximum atomic E-state index is 11.7. The molecule has 0 fully saturated rings. The standard InChI is InChI=1S/C33H48O7/c1-6-11-25(16-28-17-27(15-23(3)4)32(36)29(19-34)33(28)37)30(35)18-31(26(12-7-2)21-39-22-38-5)40-20-24-13-9-8-10-14-24/h8-10,12-14,17,19,23,25,30-31,35-37H,6-7,11,15-16,18,20-22H2,1-5H3/b26-12+/t25-,30+,31+/m0/s1. The van der Waals surface area contributed by atoms with Crippen LogP contribution >= 0.6 is 0 Å². The van der Waals surface area contributed by atoms with Crippen molar-refractivity contribution < 1.29 is 34.3 Å². The fraction of sp³-hybridized carbons (Fsp3) is 0.545. The lowest BCUT2D eigenvalue weighted by molar-refractivity contribution is -0.0376. The molecule has 0 aromatic heterocycles. The Balaban J connectivity index is 2.34. The number of aromatic hydroxyl groups is 2. The molecular formula is C33H48O7. The number of benzene rings is 2. The summed E-state index contributed by atoms with van der Waals surface area (Å²) >= 11 is 0. The number of carbonyl (C=O) groups is 1. The Hall–Kier alpha value is -2.71. The minimum absolute atomic E-state index is 0.0922. The smallest absolute Gasteiger partial charge is 0.157 e. The van der Waals surface area contributed by atoms with Crippen LogP contribution in [-0.2, 0) is 33.7 Å². The Labute approximate surface area is 239 Å². The Morgan fingerprint density at radius 3 is 2.27 bits per heavy atom. The predicted molar refractivity (Wildman–Crippen MR) is 158 cm³/mol. The number of methoxy groups -OCH3 is 1. The average molecular weight is 557 g/mol. The van der Waals surface area contributed by atoms with Gasteiger partial charge in [0.05, 0.1) is 31.0 Å². The highest BCUT2D eigenvalue weighted by Crippen LogP contribution is 2.37. The number of ether oxygens (including phenoxy) is 3. The largest absolute Gasteiger partial charge is 0.507 e. The predicted octanol–water partition coefficient (Wildman–Crippen LogP) is 6.36. The van der Waals surface area contributed by atoms with Crippen LogP contribution in [0.25, 0.3) is 0 Å². The van der Waals surface area contributed by atoms with Crippen LogP contribution in [0.4, 0.5) is 0 Å². The zero-order valence-electron chi connectivity index (χ0n) is 24.8. The first kappa shape index (κ1) is 33.5. The van der Waals surface area contributed by atoms with Crippen LogP contribution in [0.1, 0.15) is 80.4 Å². The molecule has 0 aliphatic rings. The van der Waals surface area contributed by atoms with Gasteiger partial charge in [-0.15, -0.1) is 0 Å². The van der Waals surface area contributed by atoms with Gasteiger partial charge in [-0.25, -0.2) is 0 Å². The van der Waals surface area contributed by atoms with Crippen molar-refractivity contribution in [2.45, 2.75) is 85.0 Å². The van der Waals surface area contributed by atoms with Gasteiger partial charge in [0.1, 0.15) is 18.3 Å². The maximum absolute atomic E-state index is 11.7. The van der Waals surface area contributed by atoms with E-state index in [4.69, 9.17) is 14.2 Å². The minimum Gasteiger partial charge on any atom is -0.507 e. The molecule has 0 bridgehead atoms. The van der Waals surface area contributed by atoms with Gasteiger partial charge in [0.25, 0.3) is 0 Å². The summed E-state index contributed by atoms with van der Waals surface area (Å²) in [6, 6.07) is 11.7. The first-order chi connectivity index (χ1) is 19.2. The molecule has 0 aliphatic carbocycles. The van der Waals surface area contributed by atoms with E-state index in [2.05, 4.69) is 13.0 Å². The van der Waals surface area contributed by atoms with Gasteiger partial charge in [-0.2, -0.15) is 0 Å². The van der Waals surface area contributed by atoms with Crippen molar-refractivity contribution in [1.29, 1.82) is 0 Å². The third kappa shape index (κ3) is 10.4. The van der Waals surface area contributed by atoms with Crippen LogP contribution in [0, 0.1) is 11.8 Å². The molecule has 0 radical (unpaired) electrons. The normalized spacial score (nSPS) is 14.3. The molecule has 0 aliphatic heterocycles. The van der Waals surface area contributed by atoms with Crippen molar-refractivity contribution in [2.24, 2.45) is 11.8 Å². The van der Waals surface area contributed by atoms with Crippen LogP contribution in [-0.4, -0.2) is 54.3 Å². The molecule has 40 heavy (non-hydrogen) atoms. The average Bonchev–Trinajstić information content (AvgIpc) is 2.93. The van der Waals surface area contributed by atoms with E-state index in [-0.39, 0.29) is 41.8 Å². The molecule has 0 amide bonds.